The van der Waals surface area contributed by atoms with E-state index in [1.54, 1.807) is 17.8 Å². The summed E-state index contributed by atoms with van der Waals surface area (Å²) in [6.45, 7) is 0.951. The number of anilines is 3. The van der Waals surface area contributed by atoms with Crippen molar-refractivity contribution in [1.29, 1.82) is 0 Å². The van der Waals surface area contributed by atoms with E-state index >= 15 is 0 Å². The minimum atomic E-state index is -0.134. The molecule has 1 aromatic rings. The quantitative estimate of drug-likeness (QED) is 0.807. The van der Waals surface area contributed by atoms with Crippen LogP contribution in [0.5, 0.6) is 5.75 Å². The third-order valence-electron chi connectivity index (χ3n) is 2.80. The first kappa shape index (κ1) is 12.9. The van der Waals surface area contributed by atoms with Gasteiger partial charge in [0.2, 0.25) is 0 Å². The predicted octanol–water partition coefficient (Wildman–Crippen LogP) is 1.40. The highest BCUT2D eigenvalue weighted by Gasteiger charge is 2.18. The summed E-state index contributed by atoms with van der Waals surface area (Å²) in [5.74, 6) is 1.52. The van der Waals surface area contributed by atoms with Gasteiger partial charge in [-0.25, -0.2) is 0 Å². The van der Waals surface area contributed by atoms with Crippen LogP contribution in [0.4, 0.5) is 17.1 Å². The Labute approximate surface area is 111 Å². The van der Waals surface area contributed by atoms with Crippen molar-refractivity contribution in [2.75, 3.05) is 48.2 Å². The van der Waals surface area contributed by atoms with Crippen LogP contribution in [0, 0.1) is 0 Å². The van der Waals surface area contributed by atoms with Crippen LogP contribution in [-0.4, -0.2) is 38.1 Å². The van der Waals surface area contributed by atoms with E-state index in [4.69, 9.17) is 10.5 Å². The molecule has 0 aliphatic carbocycles. The van der Waals surface area contributed by atoms with Crippen molar-refractivity contribution in [1.82, 2.24) is 0 Å². The Kier molecular flexibility index (Phi) is 3.86. The number of nitrogen functional groups attached to an aromatic ring is 1. The van der Waals surface area contributed by atoms with Gasteiger partial charge >= 0.3 is 0 Å². The van der Waals surface area contributed by atoms with Crippen molar-refractivity contribution in [3.63, 3.8) is 0 Å². The maximum Gasteiger partial charge on any atom is 0.262 e. The molecule has 0 bridgehead atoms. The molecule has 1 amide bonds. The van der Waals surface area contributed by atoms with Gasteiger partial charge in [0, 0.05) is 25.4 Å². The van der Waals surface area contributed by atoms with E-state index in [2.05, 4.69) is 16.5 Å². The molecule has 1 aliphatic heterocycles. The van der Waals surface area contributed by atoms with Gasteiger partial charge in [-0.05, 0) is 12.3 Å². The molecule has 0 saturated heterocycles. The Balaban J connectivity index is 2.26. The molecule has 0 radical (unpaired) electrons. The van der Waals surface area contributed by atoms with Gasteiger partial charge in [-0.2, -0.15) is 11.8 Å². The average Bonchev–Trinajstić information content (AvgIpc) is 2.35. The summed E-state index contributed by atoms with van der Waals surface area (Å²) < 4.78 is 5.32. The topological polar surface area (TPSA) is 67.6 Å². The second-order valence-corrected chi connectivity index (χ2v) is 5.14. The van der Waals surface area contributed by atoms with Gasteiger partial charge in [0.1, 0.15) is 5.75 Å². The van der Waals surface area contributed by atoms with E-state index in [0.717, 1.165) is 18.0 Å². The highest BCUT2D eigenvalue weighted by molar-refractivity contribution is 7.98. The number of thioether (sulfide) groups is 1. The fourth-order valence-electron chi connectivity index (χ4n) is 1.81. The molecule has 0 unspecified atom stereocenters. The number of nitrogens with zero attached hydrogens (tertiary/aromatic N) is 1. The smallest absolute Gasteiger partial charge is 0.262 e. The largest absolute Gasteiger partial charge is 0.482 e. The minimum Gasteiger partial charge on any atom is -0.482 e. The number of nitrogens with one attached hydrogen (secondary N) is 1. The normalized spacial score (nSPS) is 13.6. The van der Waals surface area contributed by atoms with E-state index in [-0.39, 0.29) is 12.5 Å². The van der Waals surface area contributed by atoms with Gasteiger partial charge in [0.05, 0.1) is 17.1 Å². The molecule has 18 heavy (non-hydrogen) atoms. The molecular weight excluding hydrogens is 250 g/mol. The van der Waals surface area contributed by atoms with E-state index in [1.807, 2.05) is 13.1 Å². The second-order valence-electron chi connectivity index (χ2n) is 4.16. The number of hydrogen-bond donors (Lipinski definition) is 2. The summed E-state index contributed by atoms with van der Waals surface area (Å²) in [5.41, 5.74) is 8.27. The predicted molar refractivity (Wildman–Crippen MR) is 76.6 cm³/mol. The average molecular weight is 267 g/mol. The van der Waals surface area contributed by atoms with Crippen LogP contribution in [0.25, 0.3) is 0 Å². The summed E-state index contributed by atoms with van der Waals surface area (Å²) in [4.78, 5) is 13.4. The first-order valence-electron chi connectivity index (χ1n) is 5.68. The van der Waals surface area contributed by atoms with E-state index in [9.17, 15) is 4.79 Å². The zero-order chi connectivity index (χ0) is 13.1. The molecule has 0 spiro atoms. The van der Waals surface area contributed by atoms with Gasteiger partial charge in [-0.1, -0.05) is 0 Å². The molecule has 0 aromatic heterocycles. The Morgan fingerprint density at radius 3 is 3.06 bits per heavy atom. The molecule has 0 fully saturated rings. The lowest BCUT2D eigenvalue weighted by Crippen LogP contribution is -2.27. The number of benzene rings is 1. The number of rotatable bonds is 4. The standard InChI is InChI=1S/C12H17N3O2S/c1-15(3-4-18-2)10-6-9-11(5-8(10)13)17-7-12(16)14-9/h5-6H,3-4,7,13H2,1-2H3,(H,14,16). The molecule has 1 heterocycles. The van der Waals surface area contributed by atoms with Crippen LogP contribution >= 0.6 is 11.8 Å². The maximum absolute atomic E-state index is 11.3. The number of carbonyl (C=O) groups excluding carboxylic acids is 1. The Morgan fingerprint density at radius 1 is 1.56 bits per heavy atom. The zero-order valence-corrected chi connectivity index (χ0v) is 11.3. The zero-order valence-electron chi connectivity index (χ0n) is 10.5. The molecule has 0 atom stereocenters. The third kappa shape index (κ3) is 2.64. The Morgan fingerprint density at radius 2 is 2.33 bits per heavy atom. The maximum atomic E-state index is 11.3. The van der Waals surface area contributed by atoms with Crippen molar-refractivity contribution in [3.05, 3.63) is 12.1 Å². The number of amides is 1. The molecule has 5 nitrogen and oxygen atoms in total. The lowest BCUT2D eigenvalue weighted by molar-refractivity contribution is -0.118. The van der Waals surface area contributed by atoms with Crippen LogP contribution in [0.1, 0.15) is 0 Å². The van der Waals surface area contributed by atoms with Crippen molar-refractivity contribution in [2.45, 2.75) is 0 Å². The van der Waals surface area contributed by atoms with E-state index < -0.39 is 0 Å². The SMILES string of the molecule is CSCCN(C)c1cc2c(cc1N)OCC(=O)N2. The van der Waals surface area contributed by atoms with Crippen molar-refractivity contribution < 1.29 is 9.53 Å². The molecule has 1 aromatic carbocycles. The number of ether oxygens (including phenoxy) is 1. The summed E-state index contributed by atoms with van der Waals surface area (Å²) in [6.07, 6.45) is 2.07. The Hall–Kier alpha value is -1.56. The van der Waals surface area contributed by atoms with Crippen molar-refractivity contribution >= 4 is 34.7 Å². The summed E-state index contributed by atoms with van der Waals surface area (Å²) >= 11 is 1.78. The molecule has 1 aliphatic rings. The van der Waals surface area contributed by atoms with Crippen LogP contribution < -0.4 is 20.7 Å². The molecule has 98 valence electrons. The van der Waals surface area contributed by atoms with Crippen LogP contribution in [0.15, 0.2) is 12.1 Å². The number of carbonyl (C=O) groups is 1. The fraction of sp³-hybridized carbons (Fsp3) is 0.417. The van der Waals surface area contributed by atoms with Gasteiger partial charge in [-0.15, -0.1) is 0 Å². The van der Waals surface area contributed by atoms with Crippen LogP contribution in [0.3, 0.4) is 0 Å². The second kappa shape index (κ2) is 5.39. The number of nitrogens with two attached hydrogens (primary N) is 1. The molecule has 3 N–H and O–H groups in total. The van der Waals surface area contributed by atoms with E-state index in [0.29, 0.717) is 17.1 Å². The van der Waals surface area contributed by atoms with Crippen molar-refractivity contribution in [2.24, 2.45) is 0 Å². The van der Waals surface area contributed by atoms with Gasteiger partial charge < -0.3 is 20.7 Å². The summed E-state index contributed by atoms with van der Waals surface area (Å²) in [6, 6.07) is 3.63. The Bertz CT molecular complexity index is 465. The monoisotopic (exact) mass is 267 g/mol. The molecule has 2 rings (SSSR count). The van der Waals surface area contributed by atoms with Crippen LogP contribution in [-0.2, 0) is 4.79 Å². The first-order chi connectivity index (χ1) is 8.61. The fourth-order valence-corrected chi connectivity index (χ4v) is 2.27. The highest BCUT2D eigenvalue weighted by Crippen LogP contribution is 2.36. The third-order valence-corrected chi connectivity index (χ3v) is 3.39. The number of hydrogen-bond acceptors (Lipinski definition) is 5. The van der Waals surface area contributed by atoms with Gasteiger partial charge in [-0.3, -0.25) is 4.79 Å². The number of fused-ring (bicyclic) bond motifs is 1. The highest BCUT2D eigenvalue weighted by atomic mass is 32.2. The summed E-state index contributed by atoms with van der Waals surface area (Å²) in [7, 11) is 1.99. The lowest BCUT2D eigenvalue weighted by atomic mass is 10.2. The van der Waals surface area contributed by atoms with Crippen LogP contribution in [0.2, 0.25) is 0 Å². The first-order valence-corrected chi connectivity index (χ1v) is 7.07. The van der Waals surface area contributed by atoms with Gasteiger partial charge in [0.15, 0.2) is 6.61 Å². The molecule has 6 heteroatoms. The molecular formula is C12H17N3O2S. The van der Waals surface area contributed by atoms with E-state index in [1.165, 1.54) is 0 Å². The summed E-state index contributed by atoms with van der Waals surface area (Å²) in [5, 5.41) is 2.79. The lowest BCUT2D eigenvalue weighted by Gasteiger charge is -2.25. The minimum absolute atomic E-state index is 0.0497. The van der Waals surface area contributed by atoms with Crippen molar-refractivity contribution in [3.8, 4) is 5.75 Å². The van der Waals surface area contributed by atoms with Gasteiger partial charge in [0.25, 0.3) is 5.91 Å². The molecule has 0 saturated carbocycles.